The Kier molecular flexibility index (Phi) is 5.92. The van der Waals surface area contributed by atoms with Crippen LogP contribution in [0.25, 0.3) is 0 Å². The Balaban J connectivity index is 1.62. The van der Waals surface area contributed by atoms with Crippen LogP contribution in [0.1, 0.15) is 49.8 Å². The van der Waals surface area contributed by atoms with Crippen LogP contribution in [-0.4, -0.2) is 23.1 Å². The highest BCUT2D eigenvalue weighted by Crippen LogP contribution is 2.35. The van der Waals surface area contributed by atoms with Gasteiger partial charge in [-0.3, -0.25) is 4.90 Å². The molecule has 0 saturated carbocycles. The Hall–Kier alpha value is -1.80. The van der Waals surface area contributed by atoms with E-state index in [9.17, 15) is 5.11 Å². The molecule has 2 heteroatoms. The molecule has 0 aliphatic carbocycles. The van der Waals surface area contributed by atoms with Gasteiger partial charge in [0.25, 0.3) is 0 Å². The molecule has 1 saturated heterocycles. The summed E-state index contributed by atoms with van der Waals surface area (Å²) in [4.78, 5) is 2.58. The van der Waals surface area contributed by atoms with Crippen molar-refractivity contribution in [2.75, 3.05) is 13.1 Å². The highest BCUT2D eigenvalue weighted by atomic mass is 16.3. The van der Waals surface area contributed by atoms with E-state index in [1.165, 1.54) is 24.8 Å². The lowest BCUT2D eigenvalue weighted by Crippen LogP contribution is -2.37. The summed E-state index contributed by atoms with van der Waals surface area (Å²) in [5, 5.41) is 10.3. The van der Waals surface area contributed by atoms with Crippen LogP contribution in [0.3, 0.4) is 0 Å². The SMILES string of the molecule is CCCC(c1ccccc1O)N1CCC(Cc2ccccc2)CC1. The minimum absolute atomic E-state index is 0.355. The summed E-state index contributed by atoms with van der Waals surface area (Å²) in [6, 6.07) is 19.1. The smallest absolute Gasteiger partial charge is 0.120 e. The largest absolute Gasteiger partial charge is 0.508 e. The molecule has 1 aliphatic rings. The van der Waals surface area contributed by atoms with Crippen molar-refractivity contribution in [1.29, 1.82) is 0 Å². The fraction of sp³-hybridized carbons (Fsp3) is 0.455. The first kappa shape index (κ1) is 17.0. The van der Waals surface area contributed by atoms with Crippen molar-refractivity contribution in [1.82, 2.24) is 4.90 Å². The van der Waals surface area contributed by atoms with Gasteiger partial charge in [-0.2, -0.15) is 0 Å². The molecule has 3 rings (SSSR count). The molecule has 1 fully saturated rings. The third-order valence-electron chi connectivity index (χ3n) is 5.31. The molecule has 1 atom stereocenters. The number of nitrogens with zero attached hydrogens (tertiary/aromatic N) is 1. The van der Waals surface area contributed by atoms with Crippen molar-refractivity contribution < 1.29 is 5.11 Å². The van der Waals surface area contributed by atoms with E-state index in [0.717, 1.165) is 37.4 Å². The van der Waals surface area contributed by atoms with Gasteiger partial charge in [0, 0.05) is 11.6 Å². The molecular formula is C22H29NO. The zero-order chi connectivity index (χ0) is 16.8. The van der Waals surface area contributed by atoms with Gasteiger partial charge in [-0.1, -0.05) is 61.9 Å². The first-order valence-corrected chi connectivity index (χ1v) is 9.33. The van der Waals surface area contributed by atoms with Crippen molar-refractivity contribution in [3.8, 4) is 5.75 Å². The summed E-state index contributed by atoms with van der Waals surface area (Å²) in [5.74, 6) is 1.23. The van der Waals surface area contributed by atoms with E-state index in [4.69, 9.17) is 0 Å². The van der Waals surface area contributed by atoms with Crippen molar-refractivity contribution in [3.05, 3.63) is 65.7 Å². The van der Waals surface area contributed by atoms with Gasteiger partial charge in [-0.05, 0) is 56.3 Å². The predicted molar refractivity (Wildman–Crippen MR) is 100 cm³/mol. The first-order valence-electron chi connectivity index (χ1n) is 9.33. The number of aromatic hydroxyl groups is 1. The number of piperidine rings is 1. The maximum Gasteiger partial charge on any atom is 0.120 e. The minimum atomic E-state index is 0.355. The van der Waals surface area contributed by atoms with Crippen molar-refractivity contribution in [2.45, 2.75) is 45.1 Å². The van der Waals surface area contributed by atoms with Gasteiger partial charge in [0.05, 0.1) is 0 Å². The fourth-order valence-electron chi connectivity index (χ4n) is 3.99. The monoisotopic (exact) mass is 323 g/mol. The molecule has 2 aromatic carbocycles. The van der Waals surface area contributed by atoms with E-state index in [2.05, 4.69) is 48.2 Å². The number of phenols is 1. The van der Waals surface area contributed by atoms with Crippen molar-refractivity contribution in [2.24, 2.45) is 5.92 Å². The van der Waals surface area contributed by atoms with Crippen LogP contribution >= 0.6 is 0 Å². The zero-order valence-electron chi connectivity index (χ0n) is 14.7. The first-order chi connectivity index (χ1) is 11.8. The molecule has 1 aliphatic heterocycles. The van der Waals surface area contributed by atoms with Crippen molar-refractivity contribution in [3.63, 3.8) is 0 Å². The molecular weight excluding hydrogens is 294 g/mol. The van der Waals surface area contributed by atoms with E-state index >= 15 is 0 Å². The average molecular weight is 323 g/mol. The second kappa shape index (κ2) is 8.34. The number of para-hydroxylation sites is 1. The molecule has 0 aromatic heterocycles. The van der Waals surface area contributed by atoms with Gasteiger partial charge in [-0.15, -0.1) is 0 Å². The fourth-order valence-corrected chi connectivity index (χ4v) is 3.99. The summed E-state index contributed by atoms with van der Waals surface area (Å²) in [7, 11) is 0. The summed E-state index contributed by atoms with van der Waals surface area (Å²) in [6.07, 6.45) is 5.96. The molecule has 0 amide bonds. The Morgan fingerprint density at radius 1 is 1.00 bits per heavy atom. The van der Waals surface area contributed by atoms with E-state index in [1.807, 2.05) is 18.2 Å². The molecule has 2 aromatic rings. The van der Waals surface area contributed by atoms with Crippen LogP contribution < -0.4 is 0 Å². The Labute approximate surface area is 146 Å². The molecule has 2 nitrogen and oxygen atoms in total. The predicted octanol–water partition coefficient (Wildman–Crippen LogP) is 5.19. The number of rotatable bonds is 6. The molecule has 0 bridgehead atoms. The molecule has 1 unspecified atom stereocenters. The maximum atomic E-state index is 10.3. The molecule has 128 valence electrons. The van der Waals surface area contributed by atoms with Gasteiger partial charge in [0.2, 0.25) is 0 Å². The van der Waals surface area contributed by atoms with Gasteiger partial charge in [-0.25, -0.2) is 0 Å². The average Bonchev–Trinajstić information content (AvgIpc) is 2.62. The standard InChI is InChI=1S/C22H29NO/c1-2-8-21(20-11-6-7-12-22(20)24)23-15-13-19(14-16-23)17-18-9-4-3-5-10-18/h3-7,9-12,19,21,24H,2,8,13-17H2,1H3. The summed E-state index contributed by atoms with van der Waals surface area (Å²) in [6.45, 7) is 4.50. The zero-order valence-corrected chi connectivity index (χ0v) is 14.7. The van der Waals surface area contributed by atoms with Gasteiger partial charge < -0.3 is 5.11 Å². The second-order valence-corrected chi connectivity index (χ2v) is 7.03. The quantitative estimate of drug-likeness (QED) is 0.791. The number of phenolic OH excluding ortho intramolecular Hbond substituents is 1. The number of hydrogen-bond donors (Lipinski definition) is 1. The summed E-state index contributed by atoms with van der Waals surface area (Å²) >= 11 is 0. The lowest BCUT2D eigenvalue weighted by Gasteiger charge is -2.38. The van der Waals surface area contributed by atoms with Crippen LogP contribution in [0.15, 0.2) is 54.6 Å². The third kappa shape index (κ3) is 4.18. The second-order valence-electron chi connectivity index (χ2n) is 7.03. The Morgan fingerprint density at radius 2 is 1.67 bits per heavy atom. The lowest BCUT2D eigenvalue weighted by atomic mass is 9.88. The van der Waals surface area contributed by atoms with Crippen molar-refractivity contribution >= 4 is 0 Å². The van der Waals surface area contributed by atoms with Crippen LogP contribution in [-0.2, 0) is 6.42 Å². The number of benzene rings is 2. The molecule has 24 heavy (non-hydrogen) atoms. The molecule has 1 N–H and O–H groups in total. The van der Waals surface area contributed by atoms with Gasteiger partial charge in [0.1, 0.15) is 5.75 Å². The Bertz CT molecular complexity index is 617. The normalized spacial score (nSPS) is 17.7. The Morgan fingerprint density at radius 3 is 2.33 bits per heavy atom. The van der Waals surface area contributed by atoms with E-state index in [-0.39, 0.29) is 0 Å². The van der Waals surface area contributed by atoms with Crippen LogP contribution in [0.4, 0.5) is 0 Å². The summed E-state index contributed by atoms with van der Waals surface area (Å²) in [5.41, 5.74) is 2.56. The van der Waals surface area contributed by atoms with Gasteiger partial charge in [0.15, 0.2) is 0 Å². The van der Waals surface area contributed by atoms with E-state index < -0.39 is 0 Å². The minimum Gasteiger partial charge on any atom is -0.508 e. The number of likely N-dealkylation sites (tertiary alicyclic amines) is 1. The molecule has 0 radical (unpaired) electrons. The number of hydrogen-bond acceptors (Lipinski definition) is 2. The van der Waals surface area contributed by atoms with Crippen LogP contribution in [0, 0.1) is 5.92 Å². The van der Waals surface area contributed by atoms with Crippen LogP contribution in [0.2, 0.25) is 0 Å². The van der Waals surface area contributed by atoms with E-state index in [1.54, 1.807) is 0 Å². The van der Waals surface area contributed by atoms with E-state index in [0.29, 0.717) is 11.8 Å². The van der Waals surface area contributed by atoms with Crippen LogP contribution in [0.5, 0.6) is 5.75 Å². The lowest BCUT2D eigenvalue weighted by molar-refractivity contribution is 0.123. The third-order valence-corrected chi connectivity index (χ3v) is 5.31. The maximum absolute atomic E-state index is 10.3. The molecule has 1 heterocycles. The summed E-state index contributed by atoms with van der Waals surface area (Å²) < 4.78 is 0. The topological polar surface area (TPSA) is 23.5 Å². The highest BCUT2D eigenvalue weighted by Gasteiger charge is 2.27. The molecule has 0 spiro atoms. The highest BCUT2D eigenvalue weighted by molar-refractivity contribution is 5.34. The van der Waals surface area contributed by atoms with Gasteiger partial charge >= 0.3 is 0 Å².